The molecule has 0 unspecified atom stereocenters. The average molecular weight is 502 g/mol. The highest BCUT2D eigenvalue weighted by Gasteiger charge is 2.54. The normalized spacial score (nSPS) is 15.9. The molecule has 0 atom stereocenters. The van der Waals surface area contributed by atoms with Gasteiger partial charge in [0.15, 0.2) is 14.6 Å². The van der Waals surface area contributed by atoms with E-state index in [1.54, 1.807) is 0 Å². The number of piperidine rings is 1. The SMILES string of the molecule is CC(=O)N(O)C(=O)C1(S(=O)(=O)c2ccc(Oc3ccc(OC(F)(F)F)cc3)cc2)CCNCC1. The molecular formula is C21H21F3N2O7S. The van der Waals surface area contributed by atoms with Crippen LogP contribution in [-0.4, -0.2) is 54.7 Å². The Morgan fingerprint density at radius 1 is 0.971 bits per heavy atom. The number of carbonyl (C=O) groups is 2. The first-order valence-electron chi connectivity index (χ1n) is 9.99. The third-order valence-corrected chi connectivity index (χ3v) is 7.74. The Kier molecular flexibility index (Phi) is 7.19. The molecule has 13 heteroatoms. The third-order valence-electron chi connectivity index (χ3n) is 5.23. The van der Waals surface area contributed by atoms with Crippen molar-refractivity contribution in [3.8, 4) is 17.2 Å². The number of hydrogen-bond donors (Lipinski definition) is 2. The standard InChI is InChI=1S/C21H21F3N2O7S/c1-14(27)26(29)19(28)20(10-12-25-13-11-20)34(30,31)18-8-6-16(7-9-18)32-15-2-4-17(5-3-15)33-21(22,23)24/h2-9,25,29H,10-13H2,1H3. The van der Waals surface area contributed by atoms with E-state index in [4.69, 9.17) is 4.74 Å². The van der Waals surface area contributed by atoms with Crippen LogP contribution in [0.25, 0.3) is 0 Å². The Hall–Kier alpha value is -3.16. The van der Waals surface area contributed by atoms with Gasteiger partial charge in [0.1, 0.15) is 17.2 Å². The van der Waals surface area contributed by atoms with Crippen molar-refractivity contribution in [3.05, 3.63) is 48.5 Å². The van der Waals surface area contributed by atoms with Crippen molar-refractivity contribution in [2.75, 3.05) is 13.1 Å². The number of amides is 2. The number of alkyl halides is 3. The van der Waals surface area contributed by atoms with Gasteiger partial charge < -0.3 is 14.8 Å². The van der Waals surface area contributed by atoms with E-state index >= 15 is 0 Å². The minimum Gasteiger partial charge on any atom is -0.457 e. The largest absolute Gasteiger partial charge is 0.573 e. The quantitative estimate of drug-likeness (QED) is 0.457. The van der Waals surface area contributed by atoms with Crippen molar-refractivity contribution in [2.24, 2.45) is 0 Å². The fourth-order valence-electron chi connectivity index (χ4n) is 3.52. The van der Waals surface area contributed by atoms with Gasteiger partial charge in [0.2, 0.25) is 5.91 Å². The maximum atomic E-state index is 13.5. The molecule has 1 aliphatic heterocycles. The van der Waals surface area contributed by atoms with Gasteiger partial charge in [-0.3, -0.25) is 14.8 Å². The molecule has 0 radical (unpaired) electrons. The predicted molar refractivity (Wildman–Crippen MR) is 111 cm³/mol. The summed E-state index contributed by atoms with van der Waals surface area (Å²) in [5.74, 6) is -2.30. The first kappa shape index (κ1) is 25.5. The van der Waals surface area contributed by atoms with Gasteiger partial charge in [-0.2, -0.15) is 5.06 Å². The number of nitrogens with one attached hydrogen (secondary N) is 1. The number of rotatable bonds is 6. The lowest BCUT2D eigenvalue weighted by Gasteiger charge is -2.36. The molecule has 1 saturated heterocycles. The molecule has 9 nitrogen and oxygen atoms in total. The molecule has 1 fully saturated rings. The fourth-order valence-corrected chi connectivity index (χ4v) is 5.53. The van der Waals surface area contributed by atoms with Crippen LogP contribution in [0.5, 0.6) is 17.2 Å². The average Bonchev–Trinajstić information content (AvgIpc) is 2.79. The number of hydroxylamine groups is 2. The Balaban J connectivity index is 1.83. The first-order chi connectivity index (χ1) is 15.9. The third kappa shape index (κ3) is 5.32. The molecule has 1 aliphatic rings. The number of sulfone groups is 1. The number of carbonyl (C=O) groups excluding carboxylic acids is 2. The van der Waals surface area contributed by atoms with Gasteiger partial charge in [-0.25, -0.2) is 8.42 Å². The second-order valence-electron chi connectivity index (χ2n) is 7.48. The first-order valence-corrected chi connectivity index (χ1v) is 11.5. The summed E-state index contributed by atoms with van der Waals surface area (Å²) in [5.41, 5.74) is 0. The van der Waals surface area contributed by atoms with E-state index in [-0.39, 0.29) is 47.4 Å². The van der Waals surface area contributed by atoms with Crippen molar-refractivity contribution < 1.29 is 45.9 Å². The highest BCUT2D eigenvalue weighted by atomic mass is 32.2. The van der Waals surface area contributed by atoms with Crippen molar-refractivity contribution in [3.63, 3.8) is 0 Å². The Labute approximate surface area is 192 Å². The summed E-state index contributed by atoms with van der Waals surface area (Å²) in [6.45, 7) is 1.31. The molecule has 3 rings (SSSR count). The van der Waals surface area contributed by atoms with Crippen LogP contribution in [0.2, 0.25) is 0 Å². The molecule has 2 N–H and O–H groups in total. The van der Waals surface area contributed by atoms with Gasteiger partial charge in [-0.15, -0.1) is 13.2 Å². The van der Waals surface area contributed by atoms with E-state index in [9.17, 15) is 36.4 Å². The maximum Gasteiger partial charge on any atom is 0.573 e. The van der Waals surface area contributed by atoms with Gasteiger partial charge in [0, 0.05) is 6.92 Å². The molecule has 2 aromatic rings. The fraction of sp³-hybridized carbons (Fsp3) is 0.333. The highest BCUT2D eigenvalue weighted by molar-refractivity contribution is 7.93. The number of benzene rings is 2. The smallest absolute Gasteiger partial charge is 0.457 e. The number of imide groups is 1. The van der Waals surface area contributed by atoms with Crippen LogP contribution in [0.1, 0.15) is 19.8 Å². The molecule has 0 spiro atoms. The van der Waals surface area contributed by atoms with Crippen molar-refractivity contribution >= 4 is 21.7 Å². The van der Waals surface area contributed by atoms with Crippen LogP contribution in [-0.2, 0) is 19.4 Å². The topological polar surface area (TPSA) is 122 Å². The summed E-state index contributed by atoms with van der Waals surface area (Å²) in [6, 6.07) is 9.64. The number of hydrogen-bond acceptors (Lipinski definition) is 8. The van der Waals surface area contributed by atoms with Crippen molar-refractivity contribution in [2.45, 2.75) is 35.8 Å². The Bertz CT molecular complexity index is 1140. The summed E-state index contributed by atoms with van der Waals surface area (Å²) >= 11 is 0. The van der Waals surface area contributed by atoms with Crippen molar-refractivity contribution in [1.82, 2.24) is 10.4 Å². The Morgan fingerprint density at radius 3 is 1.91 bits per heavy atom. The molecule has 184 valence electrons. The van der Waals surface area contributed by atoms with E-state index in [0.29, 0.717) is 0 Å². The minimum atomic E-state index is -4.83. The van der Waals surface area contributed by atoms with Crippen LogP contribution >= 0.6 is 0 Å². The lowest BCUT2D eigenvalue weighted by atomic mass is 9.95. The molecule has 2 aromatic carbocycles. The molecular weight excluding hydrogens is 481 g/mol. The lowest BCUT2D eigenvalue weighted by molar-refractivity contribution is -0.274. The molecule has 0 saturated carbocycles. The monoisotopic (exact) mass is 502 g/mol. The summed E-state index contributed by atoms with van der Waals surface area (Å²) in [7, 11) is -4.34. The van der Waals surface area contributed by atoms with E-state index in [0.717, 1.165) is 19.1 Å². The number of ether oxygens (including phenoxy) is 2. The van der Waals surface area contributed by atoms with E-state index in [1.807, 2.05) is 0 Å². The zero-order valence-corrected chi connectivity index (χ0v) is 18.6. The second-order valence-corrected chi connectivity index (χ2v) is 9.74. The van der Waals surface area contributed by atoms with Crippen LogP contribution in [0.3, 0.4) is 0 Å². The predicted octanol–water partition coefficient (Wildman–Crippen LogP) is 3.04. The highest BCUT2D eigenvalue weighted by Crippen LogP contribution is 2.36. The number of halogens is 3. The molecule has 34 heavy (non-hydrogen) atoms. The van der Waals surface area contributed by atoms with E-state index in [2.05, 4.69) is 10.1 Å². The molecule has 0 aromatic heterocycles. The van der Waals surface area contributed by atoms with Crippen molar-refractivity contribution in [1.29, 1.82) is 0 Å². The van der Waals surface area contributed by atoms with Crippen LogP contribution in [0.15, 0.2) is 53.4 Å². The van der Waals surface area contributed by atoms with Crippen LogP contribution in [0.4, 0.5) is 13.2 Å². The maximum absolute atomic E-state index is 13.5. The number of nitrogens with zero attached hydrogens (tertiary/aromatic N) is 1. The summed E-state index contributed by atoms with van der Waals surface area (Å²) in [6.07, 6.45) is -5.12. The zero-order chi connectivity index (χ0) is 25.1. The summed E-state index contributed by atoms with van der Waals surface area (Å²) in [5, 5.41) is 12.6. The van der Waals surface area contributed by atoms with Gasteiger partial charge in [0.25, 0.3) is 5.91 Å². The van der Waals surface area contributed by atoms with E-state index in [1.165, 1.54) is 36.4 Å². The van der Waals surface area contributed by atoms with Gasteiger partial charge in [-0.1, -0.05) is 0 Å². The van der Waals surface area contributed by atoms with Crippen LogP contribution in [0, 0.1) is 0 Å². The van der Waals surface area contributed by atoms with Gasteiger partial charge in [0.05, 0.1) is 4.90 Å². The van der Waals surface area contributed by atoms with E-state index < -0.39 is 38.5 Å². The Morgan fingerprint density at radius 2 is 1.44 bits per heavy atom. The summed E-state index contributed by atoms with van der Waals surface area (Å²) < 4.78 is 70.9. The molecule has 0 aliphatic carbocycles. The molecule has 1 heterocycles. The minimum absolute atomic E-state index is 0.150. The van der Waals surface area contributed by atoms with Gasteiger partial charge in [-0.05, 0) is 74.5 Å². The van der Waals surface area contributed by atoms with Gasteiger partial charge >= 0.3 is 6.36 Å². The summed E-state index contributed by atoms with van der Waals surface area (Å²) in [4.78, 5) is 24.1. The lowest BCUT2D eigenvalue weighted by Crippen LogP contribution is -2.58. The molecule has 2 amide bonds. The zero-order valence-electron chi connectivity index (χ0n) is 17.8. The second kappa shape index (κ2) is 9.60. The molecule has 0 bridgehead atoms. The van der Waals surface area contributed by atoms with Crippen LogP contribution < -0.4 is 14.8 Å².